The summed E-state index contributed by atoms with van der Waals surface area (Å²) in [6.07, 6.45) is 4.88. The molecule has 1 unspecified atom stereocenters. The van der Waals surface area contributed by atoms with Crippen molar-refractivity contribution in [2.75, 3.05) is 11.3 Å². The molecule has 3 N–H and O–H groups in total. The van der Waals surface area contributed by atoms with Gasteiger partial charge in [-0.2, -0.15) is 0 Å². The maximum Gasteiger partial charge on any atom is 0.0446 e. The Morgan fingerprint density at radius 3 is 2.81 bits per heavy atom. The van der Waals surface area contributed by atoms with Gasteiger partial charge in [-0.3, -0.25) is 0 Å². The summed E-state index contributed by atoms with van der Waals surface area (Å²) in [5.74, 6) is 0.641. The zero-order valence-corrected chi connectivity index (χ0v) is 13.0. The third-order valence-electron chi connectivity index (χ3n) is 4.13. The van der Waals surface area contributed by atoms with E-state index in [-0.39, 0.29) is 0 Å². The predicted octanol–water partition coefficient (Wildman–Crippen LogP) is 4.57. The highest BCUT2D eigenvalue weighted by Crippen LogP contribution is 2.36. The van der Waals surface area contributed by atoms with Crippen molar-refractivity contribution in [2.45, 2.75) is 36.5 Å². The Balaban J connectivity index is 1.73. The quantitative estimate of drug-likeness (QED) is 0.794. The molecule has 1 atom stereocenters. The van der Waals surface area contributed by atoms with Crippen molar-refractivity contribution in [3.8, 4) is 0 Å². The Bertz CT molecular complexity index is 583. The van der Waals surface area contributed by atoms with Crippen molar-refractivity contribution in [3.05, 3.63) is 59.7 Å². The van der Waals surface area contributed by atoms with Gasteiger partial charge in [0.2, 0.25) is 0 Å². The average molecular weight is 298 g/mol. The van der Waals surface area contributed by atoms with E-state index in [4.69, 9.17) is 5.73 Å². The van der Waals surface area contributed by atoms with Crippen molar-refractivity contribution in [2.24, 2.45) is 5.73 Å². The van der Waals surface area contributed by atoms with E-state index < -0.39 is 0 Å². The molecule has 0 bridgehead atoms. The second-order valence-corrected chi connectivity index (χ2v) is 6.48. The van der Waals surface area contributed by atoms with E-state index in [1.54, 1.807) is 11.9 Å². The van der Waals surface area contributed by atoms with Crippen LogP contribution in [-0.2, 0) is 6.42 Å². The lowest BCUT2D eigenvalue weighted by atomic mass is 9.81. The van der Waals surface area contributed by atoms with Gasteiger partial charge in [0.05, 0.1) is 0 Å². The van der Waals surface area contributed by atoms with Crippen LogP contribution in [0, 0.1) is 0 Å². The van der Waals surface area contributed by atoms with E-state index in [1.165, 1.54) is 41.0 Å². The van der Waals surface area contributed by atoms with Crippen LogP contribution in [0.1, 0.15) is 36.3 Å². The van der Waals surface area contributed by atoms with Crippen LogP contribution in [-0.4, -0.2) is 6.54 Å². The predicted molar refractivity (Wildman–Crippen MR) is 91.7 cm³/mol. The van der Waals surface area contributed by atoms with Gasteiger partial charge in [0.15, 0.2) is 0 Å². The highest BCUT2D eigenvalue weighted by molar-refractivity contribution is 8.00. The maximum absolute atomic E-state index is 5.77. The third kappa shape index (κ3) is 3.60. The van der Waals surface area contributed by atoms with Gasteiger partial charge >= 0.3 is 0 Å². The molecule has 21 heavy (non-hydrogen) atoms. The van der Waals surface area contributed by atoms with Crippen LogP contribution in [0.5, 0.6) is 0 Å². The largest absolute Gasteiger partial charge is 0.330 e. The van der Waals surface area contributed by atoms with Gasteiger partial charge in [-0.15, -0.1) is 0 Å². The number of nitrogens with two attached hydrogens (primary N) is 1. The minimum absolute atomic E-state index is 0.641. The average Bonchev–Trinajstić information content (AvgIpc) is 2.54. The summed E-state index contributed by atoms with van der Waals surface area (Å²) in [6.45, 7) is 0.778. The molecule has 0 spiro atoms. The van der Waals surface area contributed by atoms with Crippen LogP contribution >= 0.6 is 11.9 Å². The first-order chi connectivity index (χ1) is 10.4. The van der Waals surface area contributed by atoms with Gasteiger partial charge in [-0.05, 0) is 85.5 Å². The molecule has 3 heteroatoms. The zero-order valence-electron chi connectivity index (χ0n) is 12.2. The minimum Gasteiger partial charge on any atom is -0.330 e. The van der Waals surface area contributed by atoms with Crippen LogP contribution in [0.25, 0.3) is 0 Å². The highest BCUT2D eigenvalue weighted by Gasteiger charge is 2.19. The molecule has 2 nitrogen and oxygen atoms in total. The Morgan fingerprint density at radius 1 is 1.14 bits per heavy atom. The molecule has 110 valence electrons. The van der Waals surface area contributed by atoms with Gasteiger partial charge in [-0.25, -0.2) is 0 Å². The third-order valence-corrected chi connectivity index (χ3v) is 4.98. The van der Waals surface area contributed by atoms with E-state index >= 15 is 0 Å². The first-order valence-corrected chi connectivity index (χ1v) is 8.49. The van der Waals surface area contributed by atoms with E-state index in [2.05, 4.69) is 47.2 Å². The normalized spacial score (nSPS) is 17.3. The zero-order chi connectivity index (χ0) is 14.5. The molecule has 0 heterocycles. The topological polar surface area (TPSA) is 38.0 Å². The Hall–Kier alpha value is -1.45. The second-order valence-electron chi connectivity index (χ2n) is 5.60. The first-order valence-electron chi connectivity index (χ1n) is 7.67. The lowest BCUT2D eigenvalue weighted by Crippen LogP contribution is -2.14. The fourth-order valence-corrected chi connectivity index (χ4v) is 3.72. The molecular formula is C18H22N2S. The number of benzene rings is 2. The first kappa shape index (κ1) is 14.5. The SMILES string of the molecule is NCCC1CCCc2ccc(NSc3ccccc3)cc21. The molecule has 0 radical (unpaired) electrons. The minimum atomic E-state index is 0.641. The molecule has 2 aromatic carbocycles. The van der Waals surface area contributed by atoms with Crippen molar-refractivity contribution >= 4 is 17.6 Å². The van der Waals surface area contributed by atoms with Gasteiger partial charge in [-0.1, -0.05) is 24.3 Å². The molecule has 1 aliphatic rings. The molecule has 0 aliphatic heterocycles. The molecule has 3 rings (SSSR count). The smallest absolute Gasteiger partial charge is 0.0446 e. The number of anilines is 1. The van der Waals surface area contributed by atoms with E-state index in [0.29, 0.717) is 5.92 Å². The standard InChI is InChI=1S/C18H22N2S/c19-12-11-15-6-4-5-14-9-10-16(13-18(14)15)20-21-17-7-2-1-3-8-17/h1-3,7-10,13,15,20H,4-6,11-12,19H2. The number of fused-ring (bicyclic) bond motifs is 1. The molecular weight excluding hydrogens is 276 g/mol. The summed E-state index contributed by atoms with van der Waals surface area (Å²) < 4.78 is 3.46. The Morgan fingerprint density at radius 2 is 2.00 bits per heavy atom. The molecule has 0 saturated carbocycles. The second kappa shape index (κ2) is 7.01. The molecule has 0 amide bonds. The molecule has 2 aromatic rings. The van der Waals surface area contributed by atoms with Crippen molar-refractivity contribution < 1.29 is 0 Å². The number of rotatable bonds is 5. The number of hydrogen-bond acceptors (Lipinski definition) is 3. The Labute approximate surface area is 131 Å². The maximum atomic E-state index is 5.77. The van der Waals surface area contributed by atoms with Crippen LogP contribution < -0.4 is 10.5 Å². The van der Waals surface area contributed by atoms with Gasteiger partial charge in [0.1, 0.15) is 0 Å². The van der Waals surface area contributed by atoms with Crippen molar-refractivity contribution in [1.82, 2.24) is 0 Å². The van der Waals surface area contributed by atoms with Crippen LogP contribution in [0.15, 0.2) is 53.4 Å². The number of aryl methyl sites for hydroxylation is 1. The summed E-state index contributed by atoms with van der Waals surface area (Å²) in [5, 5.41) is 0. The highest BCUT2D eigenvalue weighted by atomic mass is 32.2. The van der Waals surface area contributed by atoms with Gasteiger partial charge in [0.25, 0.3) is 0 Å². The lowest BCUT2D eigenvalue weighted by molar-refractivity contribution is 0.526. The van der Waals surface area contributed by atoms with Crippen LogP contribution in [0.2, 0.25) is 0 Å². The monoisotopic (exact) mass is 298 g/mol. The van der Waals surface area contributed by atoms with Crippen molar-refractivity contribution in [3.63, 3.8) is 0 Å². The summed E-state index contributed by atoms with van der Waals surface area (Å²) in [4.78, 5) is 1.23. The Kier molecular flexibility index (Phi) is 4.84. The summed E-state index contributed by atoms with van der Waals surface area (Å²) in [5.41, 5.74) is 9.97. The molecule has 0 aromatic heterocycles. The van der Waals surface area contributed by atoms with E-state index in [9.17, 15) is 0 Å². The van der Waals surface area contributed by atoms with Crippen molar-refractivity contribution in [1.29, 1.82) is 0 Å². The van der Waals surface area contributed by atoms with Crippen LogP contribution in [0.3, 0.4) is 0 Å². The van der Waals surface area contributed by atoms with E-state index in [0.717, 1.165) is 13.0 Å². The van der Waals surface area contributed by atoms with Gasteiger partial charge < -0.3 is 10.5 Å². The summed E-state index contributed by atoms with van der Waals surface area (Å²) in [7, 11) is 0. The number of nitrogens with one attached hydrogen (secondary N) is 1. The molecule has 0 fully saturated rings. The summed E-state index contributed by atoms with van der Waals surface area (Å²) in [6, 6.07) is 17.2. The summed E-state index contributed by atoms with van der Waals surface area (Å²) >= 11 is 1.66. The fraction of sp³-hybridized carbons (Fsp3) is 0.333. The van der Waals surface area contributed by atoms with Crippen LogP contribution in [0.4, 0.5) is 5.69 Å². The number of hydrogen-bond donors (Lipinski definition) is 2. The van der Waals surface area contributed by atoms with E-state index in [1.807, 2.05) is 6.07 Å². The van der Waals surface area contributed by atoms with Gasteiger partial charge in [0, 0.05) is 10.6 Å². The fourth-order valence-electron chi connectivity index (χ4n) is 3.07. The molecule has 0 saturated heterocycles. The lowest BCUT2D eigenvalue weighted by Gasteiger charge is -2.26. The molecule has 1 aliphatic carbocycles.